The van der Waals surface area contributed by atoms with E-state index in [2.05, 4.69) is 6.08 Å². The molecule has 0 radical (unpaired) electrons. The molecule has 110 valence electrons. The van der Waals surface area contributed by atoms with Crippen LogP contribution in [-0.4, -0.2) is 11.6 Å². The topological polar surface area (TPSA) is 34.1 Å². The van der Waals surface area contributed by atoms with Gasteiger partial charge in [-0.2, -0.15) is 0 Å². The van der Waals surface area contributed by atoms with Gasteiger partial charge in [0.25, 0.3) is 0 Å². The molecule has 3 rings (SSSR count). The molecule has 3 aliphatic carbocycles. The van der Waals surface area contributed by atoms with E-state index in [1.165, 1.54) is 24.8 Å². The predicted molar refractivity (Wildman–Crippen MR) is 79.4 cm³/mol. The Kier molecular flexibility index (Phi) is 4.38. The van der Waals surface area contributed by atoms with Crippen molar-refractivity contribution in [3.8, 4) is 0 Å². The summed E-state index contributed by atoms with van der Waals surface area (Å²) in [4.78, 5) is 24.6. The van der Waals surface area contributed by atoms with Crippen LogP contribution < -0.4 is 0 Å². The van der Waals surface area contributed by atoms with E-state index in [1.807, 2.05) is 0 Å². The summed E-state index contributed by atoms with van der Waals surface area (Å²) in [6.45, 7) is 0. The summed E-state index contributed by atoms with van der Waals surface area (Å²) < 4.78 is 0. The van der Waals surface area contributed by atoms with Gasteiger partial charge in [0.15, 0.2) is 0 Å². The lowest BCUT2D eigenvalue weighted by molar-refractivity contribution is -0.129. The maximum absolute atomic E-state index is 12.8. The normalized spacial score (nSPS) is 35.2. The van der Waals surface area contributed by atoms with Crippen LogP contribution in [-0.2, 0) is 9.59 Å². The second kappa shape index (κ2) is 6.24. The molecule has 2 fully saturated rings. The Morgan fingerprint density at radius 3 is 2.45 bits per heavy atom. The van der Waals surface area contributed by atoms with Crippen LogP contribution in [0.1, 0.15) is 70.6 Å². The van der Waals surface area contributed by atoms with E-state index in [4.69, 9.17) is 0 Å². The fourth-order valence-corrected chi connectivity index (χ4v) is 4.40. The molecule has 0 unspecified atom stereocenters. The predicted octanol–water partition coefficient (Wildman–Crippen LogP) is 4.23. The highest BCUT2D eigenvalue weighted by Crippen LogP contribution is 2.39. The fraction of sp³-hybridized carbons (Fsp3) is 0.778. The molecule has 3 atom stereocenters. The summed E-state index contributed by atoms with van der Waals surface area (Å²) in [5.41, 5.74) is 1.42. The lowest BCUT2D eigenvalue weighted by atomic mass is 9.71. The molecule has 0 spiro atoms. The highest BCUT2D eigenvalue weighted by molar-refractivity contribution is 5.88. The fourth-order valence-electron chi connectivity index (χ4n) is 4.40. The number of ketones is 2. The molecular weight excluding hydrogens is 248 g/mol. The Labute approximate surface area is 122 Å². The van der Waals surface area contributed by atoms with Gasteiger partial charge in [-0.25, -0.2) is 0 Å². The first kappa shape index (κ1) is 14.0. The summed E-state index contributed by atoms with van der Waals surface area (Å²) in [5, 5.41) is 0. The molecule has 0 aromatic carbocycles. The van der Waals surface area contributed by atoms with Crippen molar-refractivity contribution in [2.75, 3.05) is 0 Å². The van der Waals surface area contributed by atoms with Crippen LogP contribution in [0.15, 0.2) is 11.6 Å². The zero-order valence-electron chi connectivity index (χ0n) is 12.4. The van der Waals surface area contributed by atoms with Crippen molar-refractivity contribution in [2.24, 2.45) is 17.8 Å². The molecule has 2 heteroatoms. The minimum Gasteiger partial charge on any atom is -0.299 e. The minimum absolute atomic E-state index is 0.170. The quantitative estimate of drug-likeness (QED) is 0.722. The summed E-state index contributed by atoms with van der Waals surface area (Å²) in [5.74, 6) is 1.44. The first-order valence-electron chi connectivity index (χ1n) is 8.51. The third-order valence-electron chi connectivity index (χ3n) is 5.57. The van der Waals surface area contributed by atoms with Crippen LogP contribution in [0.5, 0.6) is 0 Å². The van der Waals surface area contributed by atoms with Crippen LogP contribution in [0.3, 0.4) is 0 Å². The third-order valence-corrected chi connectivity index (χ3v) is 5.57. The van der Waals surface area contributed by atoms with Crippen LogP contribution in [0.4, 0.5) is 0 Å². The minimum atomic E-state index is 0.170. The van der Waals surface area contributed by atoms with Crippen LogP contribution in [0.2, 0.25) is 0 Å². The van der Waals surface area contributed by atoms with Crippen molar-refractivity contribution < 1.29 is 9.59 Å². The lowest BCUT2D eigenvalue weighted by Gasteiger charge is -2.31. The van der Waals surface area contributed by atoms with Crippen LogP contribution in [0.25, 0.3) is 0 Å². The van der Waals surface area contributed by atoms with Crippen molar-refractivity contribution in [3.63, 3.8) is 0 Å². The van der Waals surface area contributed by atoms with E-state index in [1.54, 1.807) is 0 Å². The van der Waals surface area contributed by atoms with Gasteiger partial charge in [-0.1, -0.05) is 18.1 Å². The number of hydrogen-bond donors (Lipinski definition) is 0. The second-order valence-corrected chi connectivity index (χ2v) is 6.90. The molecular formula is C18H26O2. The van der Waals surface area contributed by atoms with E-state index in [9.17, 15) is 9.59 Å². The molecule has 3 aliphatic rings. The average Bonchev–Trinajstić information content (AvgIpc) is 2.88. The molecule has 0 amide bonds. The highest BCUT2D eigenvalue weighted by Gasteiger charge is 2.36. The zero-order valence-corrected chi connectivity index (χ0v) is 12.4. The van der Waals surface area contributed by atoms with Crippen LogP contribution >= 0.6 is 0 Å². The van der Waals surface area contributed by atoms with Crippen LogP contribution in [0, 0.1) is 17.8 Å². The summed E-state index contributed by atoms with van der Waals surface area (Å²) >= 11 is 0. The number of carbonyl (C=O) groups is 2. The largest absolute Gasteiger partial charge is 0.299 e. The Balaban J connectivity index is 1.65. The van der Waals surface area contributed by atoms with Crippen molar-refractivity contribution >= 4 is 11.6 Å². The number of hydrogen-bond acceptors (Lipinski definition) is 2. The molecule has 2 nitrogen and oxygen atoms in total. The molecule has 0 saturated heterocycles. The van der Waals surface area contributed by atoms with Crippen molar-refractivity contribution in [1.29, 1.82) is 0 Å². The zero-order chi connectivity index (χ0) is 13.9. The third kappa shape index (κ3) is 2.89. The van der Waals surface area contributed by atoms with Gasteiger partial charge in [-0.05, 0) is 57.8 Å². The SMILES string of the molecule is O=C1CCC[C@H]1C[C@@H]1CCC[C@@H](C2=CCCCC2)C1=O. The molecule has 0 aromatic rings. The lowest BCUT2D eigenvalue weighted by Crippen LogP contribution is -2.32. The molecule has 0 bridgehead atoms. The molecule has 2 saturated carbocycles. The number of rotatable bonds is 3. The van der Waals surface area contributed by atoms with Gasteiger partial charge in [0.2, 0.25) is 0 Å². The highest BCUT2D eigenvalue weighted by atomic mass is 16.1. The van der Waals surface area contributed by atoms with Gasteiger partial charge in [-0.15, -0.1) is 0 Å². The first-order chi connectivity index (χ1) is 9.75. The Morgan fingerprint density at radius 1 is 0.900 bits per heavy atom. The van der Waals surface area contributed by atoms with Gasteiger partial charge in [0.05, 0.1) is 0 Å². The standard InChI is InChI=1S/C18H26O2/c19-17-11-5-8-14(17)12-15-9-4-10-16(18(15)20)13-6-2-1-3-7-13/h6,14-16H,1-5,7-12H2/t14-,15-,16-/m0/s1. The molecule has 0 N–H and O–H groups in total. The smallest absolute Gasteiger partial charge is 0.143 e. The van der Waals surface area contributed by atoms with Crippen molar-refractivity contribution in [2.45, 2.75) is 70.6 Å². The number of carbonyl (C=O) groups excluding carboxylic acids is 2. The van der Waals surface area contributed by atoms with E-state index < -0.39 is 0 Å². The average molecular weight is 274 g/mol. The second-order valence-electron chi connectivity index (χ2n) is 6.90. The van der Waals surface area contributed by atoms with Gasteiger partial charge < -0.3 is 0 Å². The Bertz CT molecular complexity index is 421. The van der Waals surface area contributed by atoms with Gasteiger partial charge in [0, 0.05) is 24.2 Å². The van der Waals surface area contributed by atoms with Crippen molar-refractivity contribution in [3.05, 3.63) is 11.6 Å². The number of Topliss-reactive ketones (excluding diaryl/α,β-unsaturated/α-hetero) is 2. The first-order valence-corrected chi connectivity index (χ1v) is 8.51. The van der Waals surface area contributed by atoms with E-state index in [0.29, 0.717) is 11.6 Å². The van der Waals surface area contributed by atoms with E-state index in [-0.39, 0.29) is 17.8 Å². The van der Waals surface area contributed by atoms with E-state index in [0.717, 1.165) is 51.4 Å². The Hall–Kier alpha value is -0.920. The Morgan fingerprint density at radius 2 is 1.75 bits per heavy atom. The molecule has 20 heavy (non-hydrogen) atoms. The molecule has 0 heterocycles. The van der Waals surface area contributed by atoms with Gasteiger partial charge in [-0.3, -0.25) is 9.59 Å². The van der Waals surface area contributed by atoms with Gasteiger partial charge >= 0.3 is 0 Å². The van der Waals surface area contributed by atoms with Gasteiger partial charge in [0.1, 0.15) is 11.6 Å². The maximum Gasteiger partial charge on any atom is 0.143 e. The van der Waals surface area contributed by atoms with E-state index >= 15 is 0 Å². The summed E-state index contributed by atoms with van der Waals surface area (Å²) in [6, 6.07) is 0. The monoisotopic (exact) mass is 274 g/mol. The summed E-state index contributed by atoms with van der Waals surface area (Å²) in [6.07, 6.45) is 14.1. The summed E-state index contributed by atoms with van der Waals surface area (Å²) in [7, 11) is 0. The number of allylic oxidation sites excluding steroid dienone is 2. The maximum atomic E-state index is 12.8. The molecule has 0 aromatic heterocycles. The van der Waals surface area contributed by atoms with Crippen molar-refractivity contribution in [1.82, 2.24) is 0 Å². The molecule has 0 aliphatic heterocycles.